The standard InChI is InChI=1S/C12H25.Cu/c1-3-5-7-9-11-12-10-8-6-4-2;/h1,3-12H2,2H3;/q-1;+1. The van der Waals surface area contributed by atoms with E-state index in [9.17, 15) is 0 Å². The van der Waals surface area contributed by atoms with Gasteiger partial charge >= 0.3 is 17.1 Å². The van der Waals surface area contributed by atoms with Gasteiger partial charge in [-0.3, -0.25) is 0 Å². The van der Waals surface area contributed by atoms with Gasteiger partial charge in [-0.05, 0) is 0 Å². The van der Waals surface area contributed by atoms with Crippen LogP contribution < -0.4 is 0 Å². The van der Waals surface area contributed by atoms with E-state index in [1.54, 1.807) is 0 Å². The zero-order chi connectivity index (χ0) is 9.07. The molecule has 0 aromatic carbocycles. The molecule has 0 rings (SSSR count). The summed E-state index contributed by atoms with van der Waals surface area (Å²) in [6.45, 7) is 6.12. The van der Waals surface area contributed by atoms with Gasteiger partial charge in [0.15, 0.2) is 0 Å². The smallest absolute Gasteiger partial charge is 0.343 e. The fraction of sp³-hybridized carbons (Fsp3) is 0.917. The second-order valence-corrected chi connectivity index (χ2v) is 3.68. The molecule has 0 aliphatic rings. The molecule has 0 aromatic rings. The van der Waals surface area contributed by atoms with Gasteiger partial charge in [0.1, 0.15) is 0 Å². The Kier molecular flexibility index (Phi) is 18.4. The van der Waals surface area contributed by atoms with Crippen LogP contribution in [0.1, 0.15) is 71.1 Å². The zero-order valence-corrected chi connectivity index (χ0v) is 10.0. The minimum Gasteiger partial charge on any atom is -0.343 e. The summed E-state index contributed by atoms with van der Waals surface area (Å²) >= 11 is 0. The zero-order valence-electron chi connectivity index (χ0n) is 9.08. The maximum atomic E-state index is 3.84. The predicted molar refractivity (Wildman–Crippen MR) is 57.2 cm³/mol. The minimum atomic E-state index is 0. The van der Waals surface area contributed by atoms with Crippen LogP contribution in [0.4, 0.5) is 0 Å². The molecule has 0 radical (unpaired) electrons. The van der Waals surface area contributed by atoms with Crippen LogP contribution in [0.25, 0.3) is 0 Å². The maximum Gasteiger partial charge on any atom is 1.00 e. The molecular formula is C12H25Cu. The SMILES string of the molecule is [CH2-]CCCCCCCCCCC.[Cu+]. The van der Waals surface area contributed by atoms with Crippen molar-refractivity contribution >= 4 is 0 Å². The second kappa shape index (κ2) is 15.0. The van der Waals surface area contributed by atoms with Gasteiger partial charge in [-0.25, -0.2) is 0 Å². The fourth-order valence-electron chi connectivity index (χ4n) is 1.49. The summed E-state index contributed by atoms with van der Waals surface area (Å²) in [5.41, 5.74) is 0. The van der Waals surface area contributed by atoms with Gasteiger partial charge in [-0.2, -0.15) is 6.42 Å². The molecule has 13 heavy (non-hydrogen) atoms. The summed E-state index contributed by atoms with van der Waals surface area (Å²) in [4.78, 5) is 0. The second-order valence-electron chi connectivity index (χ2n) is 3.68. The first kappa shape index (κ1) is 16.0. The molecule has 0 fully saturated rings. The molecule has 0 bridgehead atoms. The average molecular weight is 233 g/mol. The Labute approximate surface area is 95.3 Å². The van der Waals surface area contributed by atoms with Crippen LogP contribution in [0.5, 0.6) is 0 Å². The first-order valence-corrected chi connectivity index (χ1v) is 5.71. The van der Waals surface area contributed by atoms with Crippen LogP contribution >= 0.6 is 0 Å². The van der Waals surface area contributed by atoms with Crippen molar-refractivity contribution in [1.29, 1.82) is 0 Å². The number of rotatable bonds is 9. The predicted octanol–water partition coefficient (Wildman–Crippen LogP) is 4.74. The molecule has 0 N–H and O–H groups in total. The molecule has 0 saturated heterocycles. The molecular weight excluding hydrogens is 208 g/mol. The molecule has 0 aromatic heterocycles. The van der Waals surface area contributed by atoms with Gasteiger partial charge in [0.2, 0.25) is 0 Å². The first-order valence-electron chi connectivity index (χ1n) is 5.71. The van der Waals surface area contributed by atoms with E-state index >= 15 is 0 Å². The van der Waals surface area contributed by atoms with Crippen LogP contribution in [0.2, 0.25) is 0 Å². The van der Waals surface area contributed by atoms with Crippen molar-refractivity contribution in [2.45, 2.75) is 71.1 Å². The Morgan fingerprint density at radius 1 is 0.692 bits per heavy atom. The molecule has 84 valence electrons. The Morgan fingerprint density at radius 3 is 1.46 bits per heavy atom. The summed E-state index contributed by atoms with van der Waals surface area (Å²) in [5, 5.41) is 0. The molecule has 1 heteroatoms. The van der Waals surface area contributed by atoms with Crippen LogP contribution in [0.3, 0.4) is 0 Å². The molecule has 0 nitrogen and oxygen atoms in total. The minimum absolute atomic E-state index is 0. The Hall–Kier alpha value is 0.519. The van der Waals surface area contributed by atoms with Crippen molar-refractivity contribution in [3.63, 3.8) is 0 Å². The quantitative estimate of drug-likeness (QED) is 0.306. The largest absolute Gasteiger partial charge is 1.00 e. The summed E-state index contributed by atoms with van der Waals surface area (Å²) in [5.74, 6) is 0. The van der Waals surface area contributed by atoms with E-state index in [2.05, 4.69) is 13.8 Å². The average Bonchev–Trinajstić information content (AvgIpc) is 2.10. The fourth-order valence-corrected chi connectivity index (χ4v) is 1.49. The Bertz CT molecular complexity index is 61.5. The summed E-state index contributed by atoms with van der Waals surface area (Å²) in [7, 11) is 0. The van der Waals surface area contributed by atoms with Crippen LogP contribution in [-0.4, -0.2) is 0 Å². The summed E-state index contributed by atoms with van der Waals surface area (Å²) in [6, 6.07) is 0. The monoisotopic (exact) mass is 232 g/mol. The third-order valence-corrected chi connectivity index (χ3v) is 2.35. The third-order valence-electron chi connectivity index (χ3n) is 2.35. The molecule has 0 unspecified atom stereocenters. The molecule has 0 atom stereocenters. The van der Waals surface area contributed by atoms with E-state index in [4.69, 9.17) is 0 Å². The van der Waals surface area contributed by atoms with E-state index in [0.29, 0.717) is 0 Å². The number of unbranched alkanes of at least 4 members (excludes halogenated alkanes) is 9. The van der Waals surface area contributed by atoms with Crippen LogP contribution in [0.15, 0.2) is 0 Å². The van der Waals surface area contributed by atoms with E-state index in [0.717, 1.165) is 6.42 Å². The molecule has 0 amide bonds. The Balaban J connectivity index is 0. The van der Waals surface area contributed by atoms with Crippen molar-refractivity contribution in [1.82, 2.24) is 0 Å². The maximum absolute atomic E-state index is 3.84. The van der Waals surface area contributed by atoms with Gasteiger partial charge < -0.3 is 6.92 Å². The van der Waals surface area contributed by atoms with E-state index < -0.39 is 0 Å². The summed E-state index contributed by atoms with van der Waals surface area (Å²) < 4.78 is 0. The van der Waals surface area contributed by atoms with Gasteiger partial charge in [0, 0.05) is 0 Å². The van der Waals surface area contributed by atoms with Crippen molar-refractivity contribution in [2.24, 2.45) is 0 Å². The van der Waals surface area contributed by atoms with Gasteiger partial charge in [0.25, 0.3) is 0 Å². The Morgan fingerprint density at radius 2 is 1.08 bits per heavy atom. The third kappa shape index (κ3) is 15.3. The molecule has 0 aliphatic heterocycles. The molecule has 0 aliphatic carbocycles. The van der Waals surface area contributed by atoms with Crippen molar-refractivity contribution in [2.75, 3.05) is 0 Å². The van der Waals surface area contributed by atoms with E-state index in [1.807, 2.05) is 0 Å². The van der Waals surface area contributed by atoms with Crippen LogP contribution in [0, 0.1) is 6.92 Å². The first-order chi connectivity index (χ1) is 5.91. The van der Waals surface area contributed by atoms with Crippen molar-refractivity contribution in [3.8, 4) is 0 Å². The van der Waals surface area contributed by atoms with Gasteiger partial charge in [0.05, 0.1) is 0 Å². The molecule has 0 heterocycles. The number of hydrogen-bond donors (Lipinski definition) is 0. The van der Waals surface area contributed by atoms with Gasteiger partial charge in [-0.15, -0.1) is 0 Å². The van der Waals surface area contributed by atoms with Crippen molar-refractivity contribution in [3.05, 3.63) is 6.92 Å². The topological polar surface area (TPSA) is 0 Å². The number of hydrogen-bond acceptors (Lipinski definition) is 0. The normalized spacial score (nSPS) is 9.69. The van der Waals surface area contributed by atoms with E-state index in [-0.39, 0.29) is 17.1 Å². The molecule has 0 saturated carbocycles. The van der Waals surface area contributed by atoms with Gasteiger partial charge in [-0.1, -0.05) is 64.7 Å². The summed E-state index contributed by atoms with van der Waals surface area (Å²) in [6.07, 6.45) is 13.9. The van der Waals surface area contributed by atoms with Crippen LogP contribution in [-0.2, 0) is 17.1 Å². The van der Waals surface area contributed by atoms with E-state index in [1.165, 1.54) is 57.8 Å². The van der Waals surface area contributed by atoms with Crippen molar-refractivity contribution < 1.29 is 17.1 Å². The molecule has 0 spiro atoms.